The Morgan fingerprint density at radius 1 is 1.10 bits per heavy atom. The van der Waals surface area contributed by atoms with Crippen LogP contribution in [0.2, 0.25) is 5.02 Å². The third-order valence-electron chi connectivity index (χ3n) is 3.97. The lowest BCUT2D eigenvalue weighted by atomic mass is 10.0. The molecule has 0 spiro atoms. The van der Waals surface area contributed by atoms with Crippen molar-refractivity contribution < 1.29 is 4.74 Å². The number of benzene rings is 2. The first kappa shape index (κ1) is 13.7. The average Bonchev–Trinajstić information content (AvgIpc) is 2.51. The first-order valence-electron chi connectivity index (χ1n) is 7.38. The van der Waals surface area contributed by atoms with Crippen LogP contribution >= 0.6 is 11.6 Å². The minimum atomic E-state index is 0.613. The molecular formula is C17H20ClNO. The molecule has 0 aliphatic carbocycles. The second-order valence-electron chi connectivity index (χ2n) is 5.38. The summed E-state index contributed by atoms with van der Waals surface area (Å²) in [4.78, 5) is 0. The Kier molecular flexibility index (Phi) is 4.44. The van der Waals surface area contributed by atoms with Gasteiger partial charge in [0.25, 0.3) is 0 Å². The Bertz CT molecular complexity index is 578. The molecule has 106 valence electrons. The van der Waals surface area contributed by atoms with E-state index in [0.29, 0.717) is 6.04 Å². The van der Waals surface area contributed by atoms with E-state index in [9.17, 15) is 0 Å². The van der Waals surface area contributed by atoms with Crippen molar-refractivity contribution in [1.82, 2.24) is 5.32 Å². The van der Waals surface area contributed by atoms with Crippen molar-refractivity contribution in [3.63, 3.8) is 0 Å². The number of fused-ring (bicyclic) bond motifs is 1. The fraction of sp³-hybridized carbons (Fsp3) is 0.412. The molecule has 2 aromatic rings. The molecule has 0 radical (unpaired) electrons. The van der Waals surface area contributed by atoms with Gasteiger partial charge in [0.2, 0.25) is 0 Å². The van der Waals surface area contributed by atoms with Crippen molar-refractivity contribution in [3.05, 3.63) is 41.4 Å². The topological polar surface area (TPSA) is 21.3 Å². The quantitative estimate of drug-likeness (QED) is 0.900. The average molecular weight is 290 g/mol. The van der Waals surface area contributed by atoms with E-state index in [1.165, 1.54) is 19.3 Å². The molecule has 0 aromatic heterocycles. The van der Waals surface area contributed by atoms with E-state index in [1.807, 2.05) is 30.3 Å². The van der Waals surface area contributed by atoms with Gasteiger partial charge in [-0.25, -0.2) is 0 Å². The maximum atomic E-state index is 6.22. The molecule has 1 heterocycles. The van der Waals surface area contributed by atoms with E-state index in [4.69, 9.17) is 16.3 Å². The predicted octanol–water partition coefficient (Wildman–Crippen LogP) is 4.40. The molecule has 0 unspecified atom stereocenters. The van der Waals surface area contributed by atoms with Crippen LogP contribution in [0.1, 0.15) is 25.7 Å². The van der Waals surface area contributed by atoms with Crippen molar-refractivity contribution in [2.45, 2.75) is 31.7 Å². The van der Waals surface area contributed by atoms with Crippen LogP contribution in [0.4, 0.5) is 0 Å². The number of halogens is 1. The number of hydrogen-bond donors (Lipinski definition) is 1. The normalized spacial score (nSPS) is 19.1. The predicted molar refractivity (Wildman–Crippen MR) is 84.7 cm³/mol. The molecule has 0 amide bonds. The maximum Gasteiger partial charge on any atom is 0.127 e. The molecule has 0 bridgehead atoms. The van der Waals surface area contributed by atoms with Crippen LogP contribution in [-0.4, -0.2) is 19.2 Å². The second-order valence-corrected chi connectivity index (χ2v) is 5.78. The lowest BCUT2D eigenvalue weighted by Gasteiger charge is -2.23. The van der Waals surface area contributed by atoms with E-state index in [-0.39, 0.29) is 0 Å². The van der Waals surface area contributed by atoms with E-state index in [0.717, 1.165) is 41.1 Å². The lowest BCUT2D eigenvalue weighted by molar-refractivity contribution is 0.270. The van der Waals surface area contributed by atoms with Crippen LogP contribution in [-0.2, 0) is 0 Å². The van der Waals surface area contributed by atoms with Gasteiger partial charge in [-0.3, -0.25) is 0 Å². The largest absolute Gasteiger partial charge is 0.493 e. The summed E-state index contributed by atoms with van der Waals surface area (Å²) in [6.45, 7) is 1.90. The van der Waals surface area contributed by atoms with Gasteiger partial charge in [-0.05, 0) is 37.9 Å². The zero-order valence-electron chi connectivity index (χ0n) is 11.6. The maximum absolute atomic E-state index is 6.22. The third kappa shape index (κ3) is 3.08. The Hall–Kier alpha value is -1.25. The molecule has 2 nitrogen and oxygen atoms in total. The summed E-state index contributed by atoms with van der Waals surface area (Å²) in [6.07, 6.45) is 4.97. The summed E-state index contributed by atoms with van der Waals surface area (Å²) in [5.74, 6) is 0.931. The third-order valence-corrected chi connectivity index (χ3v) is 4.30. The molecule has 3 rings (SSSR count). The van der Waals surface area contributed by atoms with Crippen molar-refractivity contribution in [2.75, 3.05) is 13.2 Å². The molecular weight excluding hydrogens is 270 g/mol. The highest BCUT2D eigenvalue weighted by molar-refractivity contribution is 6.35. The molecule has 3 heteroatoms. The summed E-state index contributed by atoms with van der Waals surface area (Å²) < 4.78 is 5.98. The fourth-order valence-corrected chi connectivity index (χ4v) is 3.07. The molecule has 1 saturated heterocycles. The SMILES string of the molecule is Clc1ccc(OCC[C@@H]2CCCCN2)c2ccccc12. The molecule has 1 atom stereocenters. The number of ether oxygens (including phenoxy) is 1. The summed E-state index contributed by atoms with van der Waals surface area (Å²) in [7, 11) is 0. The van der Waals surface area contributed by atoms with Crippen LogP contribution in [0, 0.1) is 0 Å². The standard InChI is InChI=1S/C17H20ClNO/c18-16-8-9-17(15-7-2-1-6-14(15)16)20-12-10-13-5-3-4-11-19-13/h1-2,6-9,13,19H,3-5,10-12H2/t13-/m0/s1. The van der Waals surface area contributed by atoms with Crippen molar-refractivity contribution >= 4 is 22.4 Å². The first-order valence-corrected chi connectivity index (χ1v) is 7.76. The number of hydrogen-bond acceptors (Lipinski definition) is 2. The Labute approximate surface area is 125 Å². The Morgan fingerprint density at radius 3 is 2.75 bits per heavy atom. The van der Waals surface area contributed by atoms with Crippen LogP contribution in [0.25, 0.3) is 10.8 Å². The van der Waals surface area contributed by atoms with Crippen molar-refractivity contribution in [3.8, 4) is 5.75 Å². The molecule has 1 aliphatic rings. The highest BCUT2D eigenvalue weighted by Crippen LogP contribution is 2.31. The van der Waals surface area contributed by atoms with Crippen molar-refractivity contribution in [1.29, 1.82) is 0 Å². The smallest absolute Gasteiger partial charge is 0.127 e. The molecule has 2 aromatic carbocycles. The molecule has 1 aliphatic heterocycles. The summed E-state index contributed by atoms with van der Waals surface area (Å²) >= 11 is 6.22. The fourth-order valence-electron chi connectivity index (χ4n) is 2.84. The van der Waals surface area contributed by atoms with Crippen LogP contribution < -0.4 is 10.1 Å². The highest BCUT2D eigenvalue weighted by atomic mass is 35.5. The zero-order chi connectivity index (χ0) is 13.8. The van der Waals surface area contributed by atoms with Crippen LogP contribution in [0.5, 0.6) is 5.75 Å². The molecule has 0 saturated carbocycles. The monoisotopic (exact) mass is 289 g/mol. The van der Waals surface area contributed by atoms with E-state index >= 15 is 0 Å². The van der Waals surface area contributed by atoms with Crippen LogP contribution in [0.15, 0.2) is 36.4 Å². The summed E-state index contributed by atoms with van der Waals surface area (Å²) in [5, 5.41) is 6.48. The summed E-state index contributed by atoms with van der Waals surface area (Å²) in [5.41, 5.74) is 0. The van der Waals surface area contributed by atoms with Gasteiger partial charge in [0.15, 0.2) is 0 Å². The van der Waals surface area contributed by atoms with Gasteiger partial charge in [0, 0.05) is 21.8 Å². The van der Waals surface area contributed by atoms with Gasteiger partial charge < -0.3 is 10.1 Å². The number of rotatable bonds is 4. The second kappa shape index (κ2) is 6.47. The van der Waals surface area contributed by atoms with Gasteiger partial charge in [-0.15, -0.1) is 0 Å². The van der Waals surface area contributed by atoms with E-state index in [1.54, 1.807) is 0 Å². The lowest BCUT2D eigenvalue weighted by Crippen LogP contribution is -2.35. The van der Waals surface area contributed by atoms with Gasteiger partial charge in [-0.2, -0.15) is 0 Å². The van der Waals surface area contributed by atoms with E-state index < -0.39 is 0 Å². The van der Waals surface area contributed by atoms with Gasteiger partial charge in [0.05, 0.1) is 6.61 Å². The van der Waals surface area contributed by atoms with Gasteiger partial charge in [0.1, 0.15) is 5.75 Å². The van der Waals surface area contributed by atoms with Crippen LogP contribution in [0.3, 0.4) is 0 Å². The first-order chi connectivity index (χ1) is 9.84. The molecule has 1 fully saturated rings. The Balaban J connectivity index is 1.67. The van der Waals surface area contributed by atoms with Crippen molar-refractivity contribution in [2.24, 2.45) is 0 Å². The molecule has 20 heavy (non-hydrogen) atoms. The minimum Gasteiger partial charge on any atom is -0.493 e. The zero-order valence-corrected chi connectivity index (χ0v) is 12.3. The van der Waals surface area contributed by atoms with E-state index in [2.05, 4.69) is 11.4 Å². The number of nitrogens with one attached hydrogen (secondary N) is 1. The minimum absolute atomic E-state index is 0.613. The van der Waals surface area contributed by atoms with Gasteiger partial charge in [-0.1, -0.05) is 42.3 Å². The molecule has 1 N–H and O–H groups in total. The van der Waals surface area contributed by atoms with Gasteiger partial charge >= 0.3 is 0 Å². The summed E-state index contributed by atoms with van der Waals surface area (Å²) in [6, 6.07) is 12.6. The Morgan fingerprint density at radius 2 is 1.95 bits per heavy atom. The number of piperidine rings is 1. The highest BCUT2D eigenvalue weighted by Gasteiger charge is 2.12.